The van der Waals surface area contributed by atoms with E-state index in [0.717, 1.165) is 16.4 Å². The van der Waals surface area contributed by atoms with Crippen LogP contribution < -0.4 is 13.8 Å². The Hall–Kier alpha value is -2.81. The first kappa shape index (κ1) is 22.5. The minimum atomic E-state index is -4.14. The second-order valence-corrected chi connectivity index (χ2v) is 7.93. The fourth-order valence-electron chi connectivity index (χ4n) is 2.83. The lowest BCUT2D eigenvalue weighted by Crippen LogP contribution is -2.43. The molecule has 0 spiro atoms. The topological polar surface area (TPSA) is 76.2 Å². The monoisotopic (exact) mass is 424 g/mol. The first-order valence-corrected chi connectivity index (χ1v) is 10.5. The van der Waals surface area contributed by atoms with Gasteiger partial charge in [-0.05, 0) is 50.2 Å². The first-order chi connectivity index (χ1) is 13.8. The molecule has 2 aromatic carbocycles. The number of likely N-dealkylation sites (N-methyl/N-ethyl adjacent to an activating group) is 1. The number of nitrogens with zero attached hydrogens (tertiary/aromatic N) is 2. The van der Waals surface area contributed by atoms with E-state index in [-0.39, 0.29) is 22.2 Å². The Bertz CT molecular complexity index is 944. The van der Waals surface area contributed by atoms with Crippen LogP contribution in [-0.2, 0) is 14.8 Å². The molecule has 0 aliphatic carbocycles. The molecule has 0 saturated heterocycles. The van der Waals surface area contributed by atoms with Gasteiger partial charge in [-0.1, -0.05) is 0 Å². The third kappa shape index (κ3) is 4.97. The number of sulfonamides is 1. The molecule has 2 rings (SSSR count). The number of hydrogen-bond donors (Lipinski definition) is 0. The Morgan fingerprint density at radius 2 is 1.55 bits per heavy atom. The molecule has 0 fully saturated rings. The van der Waals surface area contributed by atoms with Gasteiger partial charge in [0.05, 0.1) is 24.8 Å². The van der Waals surface area contributed by atoms with Gasteiger partial charge in [0.1, 0.15) is 12.4 Å². The summed E-state index contributed by atoms with van der Waals surface area (Å²) in [6.45, 7) is 4.11. The molecule has 0 radical (unpaired) electrons. The SMILES string of the molecule is CCN(CC)C(=O)CN(c1ccc(F)cc1)S(=O)(=O)c1ccc(OC)c(OC)c1. The second kappa shape index (κ2) is 9.60. The molecule has 9 heteroatoms. The number of benzene rings is 2. The molecule has 0 bridgehead atoms. The number of methoxy groups -OCH3 is 2. The molecule has 29 heavy (non-hydrogen) atoms. The summed E-state index contributed by atoms with van der Waals surface area (Å²) in [5.74, 6) is -0.252. The predicted octanol–water partition coefficient (Wildman–Crippen LogP) is 2.91. The van der Waals surface area contributed by atoms with Gasteiger partial charge < -0.3 is 14.4 Å². The molecule has 0 saturated carbocycles. The van der Waals surface area contributed by atoms with Gasteiger partial charge in [0.15, 0.2) is 11.5 Å². The second-order valence-electron chi connectivity index (χ2n) is 6.07. The average molecular weight is 424 g/mol. The van der Waals surface area contributed by atoms with E-state index in [1.807, 2.05) is 13.8 Å². The van der Waals surface area contributed by atoms with Crippen molar-refractivity contribution in [3.05, 3.63) is 48.3 Å². The largest absolute Gasteiger partial charge is 0.493 e. The summed E-state index contributed by atoms with van der Waals surface area (Å²) in [4.78, 5) is 14.1. The fourth-order valence-corrected chi connectivity index (χ4v) is 4.26. The number of hydrogen-bond acceptors (Lipinski definition) is 5. The molecule has 0 unspecified atom stereocenters. The number of carbonyl (C=O) groups excluding carboxylic acids is 1. The van der Waals surface area contributed by atoms with E-state index in [1.165, 1.54) is 49.5 Å². The van der Waals surface area contributed by atoms with E-state index in [4.69, 9.17) is 9.47 Å². The van der Waals surface area contributed by atoms with E-state index in [9.17, 15) is 17.6 Å². The molecule has 0 heterocycles. The van der Waals surface area contributed by atoms with Crippen LogP contribution in [-0.4, -0.2) is 53.1 Å². The molecule has 2 aromatic rings. The van der Waals surface area contributed by atoms with Crippen molar-refractivity contribution in [2.24, 2.45) is 0 Å². The van der Waals surface area contributed by atoms with Crippen molar-refractivity contribution in [1.29, 1.82) is 0 Å². The highest BCUT2D eigenvalue weighted by Crippen LogP contribution is 2.32. The van der Waals surface area contributed by atoms with Crippen LogP contribution in [0.4, 0.5) is 10.1 Å². The van der Waals surface area contributed by atoms with E-state index in [1.54, 1.807) is 0 Å². The van der Waals surface area contributed by atoms with Crippen molar-refractivity contribution < 1.29 is 27.1 Å². The Balaban J connectivity index is 2.54. The Morgan fingerprint density at radius 1 is 0.966 bits per heavy atom. The van der Waals surface area contributed by atoms with Gasteiger partial charge in [-0.3, -0.25) is 9.10 Å². The highest BCUT2D eigenvalue weighted by Gasteiger charge is 2.29. The summed E-state index contributed by atoms with van der Waals surface area (Å²) in [7, 11) is -1.30. The van der Waals surface area contributed by atoms with Crippen LogP contribution >= 0.6 is 0 Å². The summed E-state index contributed by atoms with van der Waals surface area (Å²) in [6, 6.07) is 9.11. The van der Waals surface area contributed by atoms with Crippen LogP contribution in [0.3, 0.4) is 0 Å². The molecule has 0 aromatic heterocycles. The number of anilines is 1. The summed E-state index contributed by atoms with van der Waals surface area (Å²) in [6.07, 6.45) is 0. The van der Waals surface area contributed by atoms with Crippen molar-refractivity contribution in [1.82, 2.24) is 4.90 Å². The Labute approximate surface area is 170 Å². The fraction of sp³-hybridized carbons (Fsp3) is 0.350. The maximum Gasteiger partial charge on any atom is 0.264 e. The van der Waals surface area contributed by atoms with Gasteiger partial charge in [-0.25, -0.2) is 12.8 Å². The van der Waals surface area contributed by atoms with E-state index >= 15 is 0 Å². The van der Waals surface area contributed by atoms with E-state index in [2.05, 4.69) is 0 Å². The summed E-state index contributed by atoms with van der Waals surface area (Å²) in [5, 5.41) is 0. The zero-order valence-electron chi connectivity index (χ0n) is 16.9. The lowest BCUT2D eigenvalue weighted by molar-refractivity contribution is -0.129. The Morgan fingerprint density at radius 3 is 2.07 bits per heavy atom. The molecular weight excluding hydrogens is 399 g/mol. The van der Waals surface area contributed by atoms with Crippen molar-refractivity contribution in [3.8, 4) is 11.5 Å². The normalized spacial score (nSPS) is 11.1. The van der Waals surface area contributed by atoms with Crippen molar-refractivity contribution in [3.63, 3.8) is 0 Å². The number of carbonyl (C=O) groups is 1. The molecule has 0 atom stereocenters. The molecule has 7 nitrogen and oxygen atoms in total. The smallest absolute Gasteiger partial charge is 0.264 e. The van der Waals surface area contributed by atoms with Crippen LogP contribution in [0.15, 0.2) is 47.4 Å². The third-order valence-corrected chi connectivity index (χ3v) is 6.22. The van der Waals surface area contributed by atoms with Crippen molar-refractivity contribution >= 4 is 21.6 Å². The van der Waals surface area contributed by atoms with E-state index in [0.29, 0.717) is 18.8 Å². The van der Waals surface area contributed by atoms with Crippen LogP contribution in [0.2, 0.25) is 0 Å². The number of rotatable bonds is 9. The number of amides is 1. The maximum absolute atomic E-state index is 13.4. The summed E-state index contributed by atoms with van der Waals surface area (Å²) in [5.41, 5.74) is 0.182. The van der Waals surface area contributed by atoms with Gasteiger partial charge in [0.25, 0.3) is 10.0 Å². The van der Waals surface area contributed by atoms with Crippen molar-refractivity contribution in [2.45, 2.75) is 18.7 Å². The lowest BCUT2D eigenvalue weighted by Gasteiger charge is -2.27. The lowest BCUT2D eigenvalue weighted by atomic mass is 10.3. The molecule has 0 aliphatic heterocycles. The van der Waals surface area contributed by atoms with Crippen LogP contribution in [0.25, 0.3) is 0 Å². The maximum atomic E-state index is 13.4. The van der Waals surface area contributed by atoms with Gasteiger partial charge in [0, 0.05) is 19.2 Å². The first-order valence-electron chi connectivity index (χ1n) is 9.06. The minimum Gasteiger partial charge on any atom is -0.493 e. The highest BCUT2D eigenvalue weighted by molar-refractivity contribution is 7.92. The molecular formula is C20H25FN2O5S. The number of ether oxygens (including phenoxy) is 2. The molecule has 0 N–H and O–H groups in total. The zero-order valence-corrected chi connectivity index (χ0v) is 17.7. The van der Waals surface area contributed by atoms with E-state index < -0.39 is 22.4 Å². The van der Waals surface area contributed by atoms with Crippen molar-refractivity contribution in [2.75, 3.05) is 38.2 Å². The molecule has 0 aliphatic rings. The molecule has 1 amide bonds. The average Bonchev–Trinajstić information content (AvgIpc) is 2.73. The van der Waals surface area contributed by atoms with Gasteiger partial charge in [-0.15, -0.1) is 0 Å². The standard InChI is InChI=1S/C20H25FN2O5S/c1-5-22(6-2)20(24)14-23(16-9-7-15(21)8-10-16)29(25,26)17-11-12-18(27-3)19(13-17)28-4/h7-13H,5-6,14H2,1-4H3. The highest BCUT2D eigenvalue weighted by atomic mass is 32.2. The van der Waals surface area contributed by atoms with Crippen LogP contribution in [0.1, 0.15) is 13.8 Å². The third-order valence-electron chi connectivity index (χ3n) is 4.45. The van der Waals surface area contributed by atoms with Crippen LogP contribution in [0, 0.1) is 5.82 Å². The van der Waals surface area contributed by atoms with Gasteiger partial charge >= 0.3 is 0 Å². The van der Waals surface area contributed by atoms with Crippen LogP contribution in [0.5, 0.6) is 11.5 Å². The zero-order chi connectivity index (χ0) is 21.6. The predicted molar refractivity (Wildman–Crippen MR) is 108 cm³/mol. The summed E-state index contributed by atoms with van der Waals surface area (Å²) < 4.78 is 51.5. The minimum absolute atomic E-state index is 0.0770. The number of halogens is 1. The van der Waals surface area contributed by atoms with Gasteiger partial charge in [-0.2, -0.15) is 0 Å². The quantitative estimate of drug-likeness (QED) is 0.619. The Kier molecular flexibility index (Phi) is 7.44. The molecule has 158 valence electrons. The summed E-state index contributed by atoms with van der Waals surface area (Å²) >= 11 is 0. The van der Waals surface area contributed by atoms with Gasteiger partial charge in [0.2, 0.25) is 5.91 Å².